The quantitative estimate of drug-likeness (QED) is 0.919. The van der Waals surface area contributed by atoms with Gasteiger partial charge in [0.05, 0.1) is 14.2 Å². The van der Waals surface area contributed by atoms with Crippen LogP contribution in [0.4, 0.5) is 0 Å². The van der Waals surface area contributed by atoms with Crippen molar-refractivity contribution in [1.82, 2.24) is 4.90 Å². The van der Waals surface area contributed by atoms with Crippen LogP contribution in [0.15, 0.2) is 36.4 Å². The van der Waals surface area contributed by atoms with E-state index in [1.165, 1.54) is 22.3 Å². The second kappa shape index (κ2) is 6.93. The van der Waals surface area contributed by atoms with Gasteiger partial charge in [0.25, 0.3) is 0 Å². The van der Waals surface area contributed by atoms with Gasteiger partial charge in [-0.15, -0.1) is 0 Å². The number of fused-ring (bicyclic) bond motifs is 3. The van der Waals surface area contributed by atoms with Gasteiger partial charge in [0.1, 0.15) is 0 Å². The average molecular weight is 352 g/mol. The summed E-state index contributed by atoms with van der Waals surface area (Å²) < 4.78 is 11.0. The zero-order chi connectivity index (χ0) is 18.3. The Morgan fingerprint density at radius 3 is 2.58 bits per heavy atom. The van der Waals surface area contributed by atoms with E-state index in [2.05, 4.69) is 48.2 Å². The zero-order valence-corrected chi connectivity index (χ0v) is 15.9. The Morgan fingerprint density at radius 1 is 1.08 bits per heavy atom. The highest BCUT2D eigenvalue weighted by atomic mass is 16.5. The molecule has 1 saturated heterocycles. The lowest BCUT2D eigenvalue weighted by Gasteiger charge is -2.46. The van der Waals surface area contributed by atoms with Crippen LogP contribution in [0.5, 0.6) is 11.5 Å². The lowest BCUT2D eigenvalue weighted by atomic mass is 9.78. The Balaban J connectivity index is 1.64. The molecule has 2 heterocycles. The molecule has 0 radical (unpaired) electrons. The summed E-state index contributed by atoms with van der Waals surface area (Å²) in [5.41, 5.74) is 12.1. The molecule has 0 aliphatic carbocycles. The fourth-order valence-electron chi connectivity index (χ4n) is 4.64. The molecule has 4 rings (SSSR count). The van der Waals surface area contributed by atoms with Gasteiger partial charge < -0.3 is 15.2 Å². The van der Waals surface area contributed by atoms with Crippen LogP contribution in [-0.2, 0) is 6.42 Å². The van der Waals surface area contributed by atoms with Crippen LogP contribution in [0.2, 0.25) is 0 Å². The van der Waals surface area contributed by atoms with E-state index in [4.69, 9.17) is 15.2 Å². The Labute approximate surface area is 155 Å². The van der Waals surface area contributed by atoms with Gasteiger partial charge in [-0.1, -0.05) is 29.8 Å². The van der Waals surface area contributed by atoms with Crippen LogP contribution in [0.1, 0.15) is 40.6 Å². The number of hydrogen-bond acceptors (Lipinski definition) is 4. The highest BCUT2D eigenvalue weighted by Gasteiger charge is 2.38. The lowest BCUT2D eigenvalue weighted by molar-refractivity contribution is 0.109. The minimum Gasteiger partial charge on any atom is -0.493 e. The number of ether oxygens (including phenoxy) is 2. The molecule has 0 bridgehead atoms. The molecule has 4 nitrogen and oxygen atoms in total. The van der Waals surface area contributed by atoms with Crippen molar-refractivity contribution in [1.29, 1.82) is 0 Å². The maximum Gasteiger partial charge on any atom is 0.161 e. The molecule has 0 amide bonds. The summed E-state index contributed by atoms with van der Waals surface area (Å²) in [6.45, 7) is 4.24. The van der Waals surface area contributed by atoms with Gasteiger partial charge in [0.2, 0.25) is 0 Å². The second-order valence-electron chi connectivity index (χ2n) is 7.59. The molecule has 26 heavy (non-hydrogen) atoms. The largest absolute Gasteiger partial charge is 0.493 e. The predicted octanol–water partition coefficient (Wildman–Crippen LogP) is 3.43. The number of hydrogen-bond donors (Lipinski definition) is 1. The van der Waals surface area contributed by atoms with Crippen molar-refractivity contribution in [3.63, 3.8) is 0 Å². The topological polar surface area (TPSA) is 47.7 Å². The lowest BCUT2D eigenvalue weighted by Crippen LogP contribution is -2.49. The van der Waals surface area contributed by atoms with Crippen molar-refractivity contribution in [3.8, 4) is 11.5 Å². The number of nitrogens with two attached hydrogens (primary N) is 1. The first kappa shape index (κ1) is 17.4. The average Bonchev–Trinajstić information content (AvgIpc) is 2.66. The molecule has 138 valence electrons. The summed E-state index contributed by atoms with van der Waals surface area (Å²) in [5.74, 6) is 2.02. The highest BCUT2D eigenvalue weighted by molar-refractivity contribution is 5.50. The number of aryl methyl sites for hydroxylation is 1. The molecule has 0 saturated carbocycles. The first-order chi connectivity index (χ1) is 12.6. The van der Waals surface area contributed by atoms with E-state index in [9.17, 15) is 0 Å². The standard InChI is InChI=1S/C22H28N2O2/c1-14-5-4-6-15(9-14)18-13-24-8-7-16-10-21(25-2)22(26-3)11-17(16)20(24)12-19(18)23/h4-6,9-11,18-20H,7-8,12-13,23H2,1-3H3/t18-,19?,20?/m1/s1. The third-order valence-corrected chi connectivity index (χ3v) is 6.03. The first-order valence-corrected chi connectivity index (χ1v) is 9.41. The van der Waals surface area contributed by atoms with E-state index in [-0.39, 0.29) is 6.04 Å². The Morgan fingerprint density at radius 2 is 1.85 bits per heavy atom. The van der Waals surface area contributed by atoms with Crippen molar-refractivity contribution in [2.24, 2.45) is 5.73 Å². The van der Waals surface area contributed by atoms with Crippen LogP contribution in [-0.4, -0.2) is 38.3 Å². The van der Waals surface area contributed by atoms with E-state index in [0.29, 0.717) is 12.0 Å². The first-order valence-electron chi connectivity index (χ1n) is 9.41. The summed E-state index contributed by atoms with van der Waals surface area (Å²) in [6, 6.07) is 13.6. The number of methoxy groups -OCH3 is 2. The maximum absolute atomic E-state index is 6.67. The van der Waals surface area contributed by atoms with Crippen LogP contribution >= 0.6 is 0 Å². The molecule has 0 aromatic heterocycles. The fourth-order valence-corrected chi connectivity index (χ4v) is 4.64. The predicted molar refractivity (Wildman–Crippen MR) is 104 cm³/mol. The second-order valence-corrected chi connectivity index (χ2v) is 7.59. The summed E-state index contributed by atoms with van der Waals surface area (Å²) in [6.07, 6.45) is 2.02. The smallest absolute Gasteiger partial charge is 0.161 e. The van der Waals surface area contributed by atoms with E-state index >= 15 is 0 Å². The summed E-state index contributed by atoms with van der Waals surface area (Å²) in [4.78, 5) is 2.60. The number of nitrogens with zero attached hydrogens (tertiary/aromatic N) is 1. The van der Waals surface area contributed by atoms with E-state index in [1.54, 1.807) is 14.2 Å². The van der Waals surface area contributed by atoms with Crippen LogP contribution in [0.3, 0.4) is 0 Å². The number of piperidine rings is 1. The molecule has 3 atom stereocenters. The molecule has 2 aromatic carbocycles. The molecule has 1 fully saturated rings. The summed E-state index contributed by atoms with van der Waals surface area (Å²) in [7, 11) is 3.40. The molecular formula is C22H28N2O2. The van der Waals surface area contributed by atoms with Gasteiger partial charge in [-0.05, 0) is 48.6 Å². The number of benzene rings is 2. The summed E-state index contributed by atoms with van der Waals surface area (Å²) >= 11 is 0. The summed E-state index contributed by atoms with van der Waals surface area (Å²) in [5, 5.41) is 0. The van der Waals surface area contributed by atoms with Gasteiger partial charge in [-0.2, -0.15) is 0 Å². The molecule has 2 aromatic rings. The Kier molecular flexibility index (Phi) is 4.63. The van der Waals surface area contributed by atoms with Gasteiger partial charge >= 0.3 is 0 Å². The van der Waals surface area contributed by atoms with Crippen molar-refractivity contribution in [3.05, 3.63) is 58.7 Å². The highest BCUT2D eigenvalue weighted by Crippen LogP contribution is 2.44. The van der Waals surface area contributed by atoms with Crippen molar-refractivity contribution >= 4 is 0 Å². The third-order valence-electron chi connectivity index (χ3n) is 6.03. The number of rotatable bonds is 3. The zero-order valence-electron chi connectivity index (χ0n) is 15.9. The minimum atomic E-state index is 0.164. The van der Waals surface area contributed by atoms with Crippen molar-refractivity contribution < 1.29 is 9.47 Å². The van der Waals surface area contributed by atoms with Gasteiger partial charge in [0.15, 0.2) is 11.5 Å². The normalized spacial score (nSPS) is 25.3. The van der Waals surface area contributed by atoms with Crippen molar-refractivity contribution in [2.75, 3.05) is 27.3 Å². The van der Waals surface area contributed by atoms with Crippen LogP contribution < -0.4 is 15.2 Å². The van der Waals surface area contributed by atoms with E-state index in [1.807, 2.05) is 0 Å². The minimum absolute atomic E-state index is 0.164. The monoisotopic (exact) mass is 352 g/mol. The van der Waals surface area contributed by atoms with E-state index < -0.39 is 0 Å². The molecule has 2 aliphatic rings. The molecular weight excluding hydrogens is 324 g/mol. The van der Waals surface area contributed by atoms with E-state index in [0.717, 1.165) is 37.4 Å². The molecule has 2 unspecified atom stereocenters. The van der Waals surface area contributed by atoms with Gasteiger partial charge in [-0.3, -0.25) is 4.90 Å². The maximum atomic E-state index is 6.67. The molecule has 4 heteroatoms. The van der Waals surface area contributed by atoms with Crippen LogP contribution in [0, 0.1) is 6.92 Å². The molecule has 2 aliphatic heterocycles. The van der Waals surface area contributed by atoms with Gasteiger partial charge in [-0.25, -0.2) is 0 Å². The van der Waals surface area contributed by atoms with Crippen LogP contribution in [0.25, 0.3) is 0 Å². The fraction of sp³-hybridized carbons (Fsp3) is 0.455. The molecule has 2 N–H and O–H groups in total. The third kappa shape index (κ3) is 2.97. The molecule has 0 spiro atoms. The Hall–Kier alpha value is -2.04. The Bertz CT molecular complexity index is 805. The van der Waals surface area contributed by atoms with Crippen molar-refractivity contribution in [2.45, 2.75) is 37.8 Å². The van der Waals surface area contributed by atoms with Gasteiger partial charge in [0, 0.05) is 31.1 Å². The SMILES string of the molecule is COc1cc2c(cc1OC)C1CC(N)[C@@H](c3cccc(C)c3)CN1CC2.